The molecular formula is C33H29ClN4O6. The van der Waals surface area contributed by atoms with Gasteiger partial charge in [0.05, 0.1) is 5.69 Å². The molecule has 5 aromatic rings. The molecule has 11 heteroatoms. The zero-order valence-electron chi connectivity index (χ0n) is 24.2. The van der Waals surface area contributed by atoms with E-state index in [4.69, 9.17) is 20.8 Å². The lowest BCUT2D eigenvalue weighted by Crippen LogP contribution is -2.30. The summed E-state index contributed by atoms with van der Waals surface area (Å²) < 4.78 is 10.9. The maximum absolute atomic E-state index is 13.6. The Morgan fingerprint density at radius 2 is 1.70 bits per heavy atom. The fraction of sp³-hybridized carbons (Fsp3) is 0.212. The lowest BCUT2D eigenvalue weighted by molar-refractivity contribution is 0.0635. The molecular weight excluding hydrogens is 584 g/mol. The number of aromatic hydroxyl groups is 1. The van der Waals surface area contributed by atoms with Crippen LogP contribution in [0, 0.1) is 0 Å². The highest BCUT2D eigenvalue weighted by atomic mass is 35.5. The van der Waals surface area contributed by atoms with Crippen LogP contribution in [-0.4, -0.2) is 46.0 Å². The molecule has 0 unspecified atom stereocenters. The van der Waals surface area contributed by atoms with Crippen LogP contribution in [0.1, 0.15) is 53.3 Å². The van der Waals surface area contributed by atoms with E-state index < -0.39 is 17.6 Å². The Kier molecular flexibility index (Phi) is 7.38. The van der Waals surface area contributed by atoms with Crippen LogP contribution in [-0.2, 0) is 4.74 Å². The second kappa shape index (κ2) is 11.2. The van der Waals surface area contributed by atoms with Crippen LogP contribution in [0.3, 0.4) is 0 Å². The monoisotopic (exact) mass is 612 g/mol. The van der Waals surface area contributed by atoms with E-state index in [0.29, 0.717) is 51.5 Å². The number of nitrogens with zero attached hydrogens (tertiary/aromatic N) is 2. The number of alkyl halides is 1. The van der Waals surface area contributed by atoms with Gasteiger partial charge < -0.3 is 24.5 Å². The molecule has 1 atom stereocenters. The number of amides is 3. The van der Waals surface area contributed by atoms with Gasteiger partial charge in [0.1, 0.15) is 16.9 Å². The molecule has 1 aliphatic heterocycles. The fourth-order valence-electron chi connectivity index (χ4n) is 5.30. The number of rotatable bonds is 5. The van der Waals surface area contributed by atoms with Crippen LogP contribution in [0.5, 0.6) is 5.75 Å². The first-order valence-corrected chi connectivity index (χ1v) is 14.5. The van der Waals surface area contributed by atoms with Crippen molar-refractivity contribution >= 4 is 68.4 Å². The number of benzene rings is 4. The maximum atomic E-state index is 13.6. The first-order valence-electron chi connectivity index (χ1n) is 13.9. The molecule has 6 rings (SSSR count). The summed E-state index contributed by atoms with van der Waals surface area (Å²) in [7, 11) is 0. The minimum Gasteiger partial charge on any atom is -0.507 e. The van der Waals surface area contributed by atoms with E-state index in [2.05, 4.69) is 15.6 Å². The summed E-state index contributed by atoms with van der Waals surface area (Å²) in [5.74, 6) is -0.653. The van der Waals surface area contributed by atoms with E-state index >= 15 is 0 Å². The number of hydrogen-bond donors (Lipinski definition) is 3. The highest BCUT2D eigenvalue weighted by Crippen LogP contribution is 2.45. The van der Waals surface area contributed by atoms with Crippen molar-refractivity contribution in [2.45, 2.75) is 32.3 Å². The number of hydrogen-bond acceptors (Lipinski definition) is 7. The van der Waals surface area contributed by atoms with Gasteiger partial charge in [-0.1, -0.05) is 24.3 Å². The van der Waals surface area contributed by atoms with Crippen LogP contribution in [0.2, 0.25) is 0 Å². The number of halogens is 1. The Morgan fingerprint density at radius 1 is 1.00 bits per heavy atom. The number of oxazole rings is 1. The molecule has 3 amide bonds. The summed E-state index contributed by atoms with van der Waals surface area (Å²) in [6.07, 6.45) is -0.615. The van der Waals surface area contributed by atoms with Crippen molar-refractivity contribution in [2.75, 3.05) is 28.0 Å². The Hall–Kier alpha value is -5.09. The van der Waals surface area contributed by atoms with Crippen LogP contribution in [0.25, 0.3) is 21.9 Å². The zero-order chi connectivity index (χ0) is 31.2. The average Bonchev–Trinajstić information content (AvgIpc) is 3.58. The van der Waals surface area contributed by atoms with Gasteiger partial charge in [0.25, 0.3) is 11.8 Å². The van der Waals surface area contributed by atoms with Gasteiger partial charge in [0, 0.05) is 52.8 Å². The smallest absolute Gasteiger partial charge is 0.412 e. The van der Waals surface area contributed by atoms with Crippen molar-refractivity contribution in [3.8, 4) is 5.75 Å². The highest BCUT2D eigenvalue weighted by Gasteiger charge is 2.35. The van der Waals surface area contributed by atoms with Gasteiger partial charge in [0.2, 0.25) is 0 Å². The Balaban J connectivity index is 1.16. The quantitative estimate of drug-likeness (QED) is 0.178. The molecule has 4 aromatic carbocycles. The Labute approximate surface area is 257 Å². The molecule has 0 saturated carbocycles. The Morgan fingerprint density at radius 3 is 2.41 bits per heavy atom. The van der Waals surface area contributed by atoms with E-state index in [1.807, 2.05) is 24.3 Å². The lowest BCUT2D eigenvalue weighted by Gasteiger charge is -2.19. The molecule has 0 spiro atoms. The van der Waals surface area contributed by atoms with Crippen molar-refractivity contribution in [1.29, 1.82) is 0 Å². The zero-order valence-corrected chi connectivity index (χ0v) is 24.9. The van der Waals surface area contributed by atoms with Crippen molar-refractivity contribution in [3.63, 3.8) is 0 Å². The predicted octanol–water partition coefficient (Wildman–Crippen LogP) is 7.27. The molecule has 44 heavy (non-hydrogen) atoms. The van der Waals surface area contributed by atoms with Gasteiger partial charge in [-0.3, -0.25) is 14.9 Å². The number of nitrogens with one attached hydrogen (secondary N) is 2. The molecule has 0 saturated heterocycles. The molecule has 2 heterocycles. The van der Waals surface area contributed by atoms with E-state index in [1.54, 1.807) is 74.2 Å². The molecule has 0 bridgehead atoms. The topological polar surface area (TPSA) is 134 Å². The molecule has 1 aliphatic rings. The largest absolute Gasteiger partial charge is 0.507 e. The fourth-order valence-corrected chi connectivity index (χ4v) is 5.55. The third kappa shape index (κ3) is 5.63. The highest BCUT2D eigenvalue weighted by molar-refractivity contribution is 6.19. The third-order valence-corrected chi connectivity index (χ3v) is 7.57. The summed E-state index contributed by atoms with van der Waals surface area (Å²) in [5, 5.41) is 17.6. The van der Waals surface area contributed by atoms with E-state index in [1.165, 1.54) is 0 Å². The van der Waals surface area contributed by atoms with E-state index in [0.717, 1.165) is 10.9 Å². The van der Waals surface area contributed by atoms with Crippen LogP contribution >= 0.6 is 11.6 Å². The summed E-state index contributed by atoms with van der Waals surface area (Å²) in [6, 6.07) is 20.4. The number of aromatic nitrogens is 1. The first kappa shape index (κ1) is 29.0. The van der Waals surface area contributed by atoms with Gasteiger partial charge in [0.15, 0.2) is 5.58 Å². The normalized spacial score (nSPS) is 14.5. The standard InChI is InChI=1S/C33H29ClN4O6/c1-33(2,3)44-32(42)36-21-12-13-24-27(14-21)43-30(37-24)29(40)35-20-10-8-18(9-11-20)31(41)38-17-19(16-34)28-23-7-5-4-6-22(23)26(39)15-25(28)38/h4-15,19,39H,16-17H2,1-3H3,(H,35,40)(H,36,42)/t19-/m1/s1. The summed E-state index contributed by atoms with van der Waals surface area (Å²) in [4.78, 5) is 44.4. The first-order chi connectivity index (χ1) is 21.0. The molecule has 1 aromatic heterocycles. The number of phenolic OH excluding ortho intramolecular Hbond substituents is 1. The van der Waals surface area contributed by atoms with E-state index in [-0.39, 0.29) is 23.5 Å². The molecule has 10 nitrogen and oxygen atoms in total. The minimum absolute atomic E-state index is 0.0832. The second-order valence-electron chi connectivity index (χ2n) is 11.5. The minimum atomic E-state index is -0.649. The van der Waals surface area contributed by atoms with Gasteiger partial charge in [-0.15, -0.1) is 11.6 Å². The van der Waals surface area contributed by atoms with Gasteiger partial charge in [-0.25, -0.2) is 9.78 Å². The van der Waals surface area contributed by atoms with Crippen LogP contribution in [0.4, 0.5) is 21.9 Å². The number of phenols is 1. The summed E-state index contributed by atoms with van der Waals surface area (Å²) in [5.41, 5.74) is 2.94. The van der Waals surface area contributed by atoms with Crippen molar-refractivity contribution < 1.29 is 28.6 Å². The van der Waals surface area contributed by atoms with E-state index in [9.17, 15) is 19.5 Å². The van der Waals surface area contributed by atoms with Crippen molar-refractivity contribution in [1.82, 2.24) is 4.98 Å². The van der Waals surface area contributed by atoms with Gasteiger partial charge in [-0.05, 0) is 68.1 Å². The maximum Gasteiger partial charge on any atom is 0.412 e. The second-order valence-corrected chi connectivity index (χ2v) is 11.8. The molecule has 3 N–H and O–H groups in total. The molecule has 0 radical (unpaired) electrons. The number of ether oxygens (including phenoxy) is 1. The SMILES string of the molecule is CC(C)(C)OC(=O)Nc1ccc2nc(C(=O)Nc3ccc(C(=O)N4C[C@@H](CCl)c5c4cc(O)c4ccccc54)cc3)oc2c1. The third-order valence-electron chi connectivity index (χ3n) is 7.19. The summed E-state index contributed by atoms with van der Waals surface area (Å²) >= 11 is 6.31. The predicted molar refractivity (Wildman–Crippen MR) is 169 cm³/mol. The average molecular weight is 613 g/mol. The van der Waals surface area contributed by atoms with Crippen molar-refractivity contribution in [2.24, 2.45) is 0 Å². The molecule has 0 aliphatic carbocycles. The van der Waals surface area contributed by atoms with Gasteiger partial charge in [-0.2, -0.15) is 0 Å². The molecule has 0 fully saturated rings. The Bertz CT molecular complexity index is 1930. The lowest BCUT2D eigenvalue weighted by atomic mass is 9.95. The van der Waals surface area contributed by atoms with Gasteiger partial charge >= 0.3 is 12.0 Å². The number of fused-ring (bicyclic) bond motifs is 4. The number of anilines is 3. The summed E-state index contributed by atoms with van der Waals surface area (Å²) in [6.45, 7) is 5.68. The van der Waals surface area contributed by atoms with Crippen molar-refractivity contribution in [3.05, 3.63) is 89.8 Å². The number of carbonyl (C=O) groups excluding carboxylic acids is 3. The molecule has 224 valence electrons. The van der Waals surface area contributed by atoms with Crippen LogP contribution in [0.15, 0.2) is 77.2 Å². The number of carbonyl (C=O) groups is 3. The van der Waals surface area contributed by atoms with Crippen LogP contribution < -0.4 is 15.5 Å².